The highest BCUT2D eigenvalue weighted by Crippen LogP contribution is 2.37. The molecule has 6 nitrogen and oxygen atoms in total. The maximum atomic E-state index is 14.9. The van der Waals surface area contributed by atoms with Crippen molar-refractivity contribution in [3.63, 3.8) is 0 Å². The van der Waals surface area contributed by atoms with Crippen LogP contribution in [-0.2, 0) is 17.4 Å². The fraction of sp³-hybridized carbons (Fsp3) is 0.286. The van der Waals surface area contributed by atoms with Gasteiger partial charge >= 0.3 is 0 Å². The lowest BCUT2D eigenvalue weighted by molar-refractivity contribution is 0.170. The van der Waals surface area contributed by atoms with E-state index in [1.807, 2.05) is 0 Å². The van der Waals surface area contributed by atoms with Gasteiger partial charge in [-0.25, -0.2) is 23.6 Å². The van der Waals surface area contributed by atoms with Crippen LogP contribution in [0.1, 0.15) is 17.5 Å². The minimum absolute atomic E-state index is 0. The van der Waals surface area contributed by atoms with Crippen LogP contribution < -0.4 is 15.1 Å². The van der Waals surface area contributed by atoms with Gasteiger partial charge in [0, 0.05) is 37.1 Å². The summed E-state index contributed by atoms with van der Waals surface area (Å²) >= 11 is 8.25. The fourth-order valence-corrected chi connectivity index (χ4v) is 4.48. The Labute approximate surface area is 216 Å². The minimum Gasteiger partial charge on any atom is -0.380 e. The Hall–Kier alpha value is -1.83. The predicted molar refractivity (Wildman–Crippen MR) is 138 cm³/mol. The summed E-state index contributed by atoms with van der Waals surface area (Å²) in [5.41, 5.74) is 5.16. The average Bonchev–Trinajstić information content (AvgIpc) is 3.27. The number of nitrogens with zero attached hydrogens (tertiary/aromatic N) is 3. The molecule has 0 amide bonds. The number of anilines is 3. The van der Waals surface area contributed by atoms with E-state index < -0.39 is 11.6 Å². The summed E-state index contributed by atoms with van der Waals surface area (Å²) in [6, 6.07) is 5.93. The van der Waals surface area contributed by atoms with E-state index in [0.29, 0.717) is 35.7 Å². The molecule has 13 heteroatoms. The van der Waals surface area contributed by atoms with Crippen molar-refractivity contribution >= 4 is 65.9 Å². The molecule has 0 aliphatic carbocycles. The Morgan fingerprint density at radius 1 is 1.26 bits per heavy atom. The molecule has 0 atom stereocenters. The number of nitrogens with one attached hydrogen (secondary N) is 2. The highest BCUT2D eigenvalue weighted by atomic mass is 35.5. The highest BCUT2D eigenvalue weighted by molar-refractivity contribution is 7.96. The van der Waals surface area contributed by atoms with Gasteiger partial charge < -0.3 is 5.32 Å². The molecule has 2 heterocycles. The van der Waals surface area contributed by atoms with E-state index in [9.17, 15) is 13.2 Å². The summed E-state index contributed by atoms with van der Waals surface area (Å²) in [6.07, 6.45) is 1.10. The van der Waals surface area contributed by atoms with E-state index in [2.05, 4.69) is 20.7 Å². The van der Waals surface area contributed by atoms with E-state index in [0.717, 1.165) is 29.9 Å². The van der Waals surface area contributed by atoms with Crippen LogP contribution >= 0.6 is 48.7 Å². The second kappa shape index (κ2) is 12.2. The minimum atomic E-state index is -0.938. The van der Waals surface area contributed by atoms with Gasteiger partial charge in [0.1, 0.15) is 28.8 Å². The molecule has 4 rings (SSSR count). The summed E-state index contributed by atoms with van der Waals surface area (Å²) in [5, 5.41) is 4.39. The van der Waals surface area contributed by atoms with Crippen molar-refractivity contribution in [3.8, 4) is 0 Å². The van der Waals surface area contributed by atoms with Crippen molar-refractivity contribution in [3.05, 3.63) is 68.8 Å². The van der Waals surface area contributed by atoms with Gasteiger partial charge in [-0.1, -0.05) is 23.7 Å². The van der Waals surface area contributed by atoms with Crippen molar-refractivity contribution in [2.24, 2.45) is 0 Å². The first-order valence-corrected chi connectivity index (χ1v) is 12.1. The van der Waals surface area contributed by atoms with Crippen LogP contribution in [0.15, 0.2) is 35.2 Å². The largest absolute Gasteiger partial charge is 0.380 e. The lowest BCUT2D eigenvalue weighted by Crippen LogP contribution is -2.36. The van der Waals surface area contributed by atoms with Crippen LogP contribution in [0.4, 0.5) is 30.4 Å². The van der Waals surface area contributed by atoms with Gasteiger partial charge in [0.25, 0.3) is 0 Å². The Morgan fingerprint density at radius 3 is 2.74 bits per heavy atom. The Balaban J connectivity index is 0.00000324. The summed E-state index contributed by atoms with van der Waals surface area (Å²) < 4.78 is 50.5. The molecule has 1 aliphatic heterocycles. The smallest absolute Gasteiger partial charge is 0.171 e. The zero-order valence-corrected chi connectivity index (χ0v) is 21.5. The number of hydrogen-bond donors (Lipinski definition) is 2. The maximum absolute atomic E-state index is 14.9. The first-order chi connectivity index (χ1) is 15.9. The Kier molecular flexibility index (Phi) is 9.63. The van der Waals surface area contributed by atoms with Crippen LogP contribution in [-0.4, -0.2) is 30.0 Å². The maximum Gasteiger partial charge on any atom is 0.171 e. The van der Waals surface area contributed by atoms with E-state index in [1.165, 1.54) is 24.5 Å². The molecule has 0 saturated carbocycles. The van der Waals surface area contributed by atoms with E-state index in [1.54, 1.807) is 23.0 Å². The second-order valence-corrected chi connectivity index (χ2v) is 9.33. The van der Waals surface area contributed by atoms with Gasteiger partial charge in [0.05, 0.1) is 11.2 Å². The Morgan fingerprint density at radius 2 is 2.06 bits per heavy atom. The predicted octanol–water partition coefficient (Wildman–Crippen LogP) is 6.19. The summed E-state index contributed by atoms with van der Waals surface area (Å²) in [6.45, 7) is 2.53. The van der Waals surface area contributed by atoms with Crippen LogP contribution in [0.2, 0.25) is 5.02 Å². The lowest BCUT2D eigenvalue weighted by Gasteiger charge is -2.31. The van der Waals surface area contributed by atoms with Gasteiger partial charge in [-0.2, -0.15) is 17.8 Å². The molecule has 0 bridgehead atoms. The number of likely N-dealkylation sites (tertiary alicyclic amines) is 1. The third-order valence-electron chi connectivity index (χ3n) is 5.19. The molecule has 1 aliphatic rings. The molecule has 3 aromatic rings. The van der Waals surface area contributed by atoms with Gasteiger partial charge in [-0.05, 0) is 31.1 Å². The van der Waals surface area contributed by atoms with Crippen molar-refractivity contribution in [1.29, 1.82) is 0 Å². The van der Waals surface area contributed by atoms with E-state index >= 15 is 0 Å². The molecule has 2 aromatic carbocycles. The summed E-state index contributed by atoms with van der Waals surface area (Å²) in [4.78, 5) is 6.12. The van der Waals surface area contributed by atoms with Crippen molar-refractivity contribution < 1.29 is 17.5 Å². The SMILES string of the molecule is CN(SONc1cscn1)c1c(F)cc(NCc2cccc(F)c2CN2CCC2)c(Cl)c1F.S. The molecule has 184 valence electrons. The van der Waals surface area contributed by atoms with Gasteiger partial charge in [-0.15, -0.1) is 11.3 Å². The third-order valence-corrected chi connectivity index (χ3v) is 6.71. The molecule has 1 aromatic heterocycles. The number of rotatable bonds is 10. The quantitative estimate of drug-likeness (QED) is 0.135. The molecule has 2 N–H and O–H groups in total. The molecule has 0 radical (unpaired) electrons. The molecule has 1 saturated heterocycles. The van der Waals surface area contributed by atoms with Crippen LogP contribution in [0.25, 0.3) is 0 Å². The molecule has 0 spiro atoms. The van der Waals surface area contributed by atoms with Crippen LogP contribution in [0.5, 0.6) is 0 Å². The van der Waals surface area contributed by atoms with Crippen molar-refractivity contribution in [2.75, 3.05) is 35.2 Å². The normalized spacial score (nSPS) is 13.2. The topological polar surface area (TPSA) is 52.7 Å². The third kappa shape index (κ3) is 6.23. The number of benzene rings is 2. The van der Waals surface area contributed by atoms with Gasteiger partial charge in [-0.3, -0.25) is 9.21 Å². The van der Waals surface area contributed by atoms with Gasteiger partial charge in [0.2, 0.25) is 0 Å². The highest BCUT2D eigenvalue weighted by Gasteiger charge is 2.22. The molecular formula is C21H23ClF3N5OS3. The number of hydrogen-bond acceptors (Lipinski definition) is 8. The second-order valence-electron chi connectivity index (χ2n) is 7.37. The fourth-order valence-electron chi connectivity index (χ4n) is 3.32. The molecule has 1 fully saturated rings. The molecular weight excluding hydrogens is 527 g/mol. The zero-order valence-electron chi connectivity index (χ0n) is 18.1. The van der Waals surface area contributed by atoms with E-state index in [4.69, 9.17) is 15.9 Å². The van der Waals surface area contributed by atoms with Crippen molar-refractivity contribution in [2.45, 2.75) is 19.5 Å². The summed E-state index contributed by atoms with van der Waals surface area (Å²) in [5.74, 6) is -1.59. The number of thiazole rings is 1. The average molecular weight is 550 g/mol. The molecule has 0 unspecified atom stereocenters. The zero-order chi connectivity index (χ0) is 23.4. The standard InChI is InChI=1S/C21H21ClF3N5OS2.H2S/c1-29(33-31-28-18-11-32-12-27-18)21-16(24)8-17(19(22)20(21)25)26-9-13-4-2-5-15(23)14(13)10-30-6-3-7-30;/h2,4-5,8,11-12,26,28H,3,6-7,9-10H2,1H3;1H2. The van der Waals surface area contributed by atoms with Crippen LogP contribution in [0, 0.1) is 17.5 Å². The molecule has 34 heavy (non-hydrogen) atoms. The number of halogens is 4. The first kappa shape index (κ1) is 26.8. The lowest BCUT2D eigenvalue weighted by atomic mass is 10.0. The first-order valence-electron chi connectivity index (χ1n) is 10.1. The van der Waals surface area contributed by atoms with Gasteiger partial charge in [0.15, 0.2) is 17.5 Å². The van der Waals surface area contributed by atoms with Crippen molar-refractivity contribution in [1.82, 2.24) is 9.88 Å². The summed E-state index contributed by atoms with van der Waals surface area (Å²) in [7, 11) is 1.44. The monoisotopic (exact) mass is 549 g/mol. The van der Waals surface area contributed by atoms with Crippen LogP contribution in [0.3, 0.4) is 0 Å². The Bertz CT molecular complexity index is 1110. The number of aromatic nitrogens is 1. The van der Waals surface area contributed by atoms with E-state index in [-0.39, 0.29) is 42.3 Å².